The third-order valence-electron chi connectivity index (χ3n) is 4.97. The molecule has 4 aromatic rings. The van der Waals surface area contributed by atoms with Gasteiger partial charge in [0, 0.05) is 41.2 Å². The van der Waals surface area contributed by atoms with Crippen LogP contribution in [0, 0.1) is 0 Å². The Morgan fingerprint density at radius 1 is 1.20 bits per heavy atom. The second kappa shape index (κ2) is 7.46. The first-order valence-electron chi connectivity index (χ1n) is 9.47. The fourth-order valence-electron chi connectivity index (χ4n) is 3.66. The van der Waals surface area contributed by atoms with Crippen molar-refractivity contribution in [3.05, 3.63) is 46.2 Å². The molecule has 1 aliphatic heterocycles. The van der Waals surface area contributed by atoms with Gasteiger partial charge in [-0.25, -0.2) is 15.0 Å². The molecule has 152 valence electrons. The fourth-order valence-corrected chi connectivity index (χ4v) is 4.96. The number of nitrogens with zero attached hydrogens (tertiary/aromatic N) is 3. The predicted octanol–water partition coefficient (Wildman–Crippen LogP) is 4.25. The molecule has 0 fully saturated rings. The Balaban J connectivity index is 1.67. The van der Waals surface area contributed by atoms with Crippen LogP contribution in [0.3, 0.4) is 0 Å². The monoisotopic (exact) mass is 439 g/mol. The fraction of sp³-hybridized carbons (Fsp3) is 0.238. The van der Waals surface area contributed by atoms with Crippen LogP contribution in [0.4, 0.5) is 5.69 Å². The highest BCUT2D eigenvalue weighted by molar-refractivity contribution is 7.21. The van der Waals surface area contributed by atoms with Gasteiger partial charge in [-0.15, -0.1) is 11.3 Å². The second-order valence-electron chi connectivity index (χ2n) is 7.19. The SMILES string of the molecule is COCc1nc(Cl)cc(-c2ccc3c(ccc4sc5c(c43)NC[C@@H](C)NC5=O)n2)n1. The van der Waals surface area contributed by atoms with Crippen LogP contribution in [0.2, 0.25) is 5.15 Å². The number of carbonyl (C=O) groups excluding carboxylic acids is 1. The number of nitrogens with one attached hydrogen (secondary N) is 2. The van der Waals surface area contributed by atoms with Crippen molar-refractivity contribution in [3.8, 4) is 11.4 Å². The summed E-state index contributed by atoms with van der Waals surface area (Å²) in [5.74, 6) is 0.465. The summed E-state index contributed by atoms with van der Waals surface area (Å²) in [4.78, 5) is 26.8. The zero-order valence-corrected chi connectivity index (χ0v) is 17.9. The lowest BCUT2D eigenvalue weighted by Gasteiger charge is -2.10. The van der Waals surface area contributed by atoms with Crippen molar-refractivity contribution in [2.75, 3.05) is 19.0 Å². The average Bonchev–Trinajstić information content (AvgIpc) is 3.04. The van der Waals surface area contributed by atoms with Gasteiger partial charge in [-0.1, -0.05) is 11.6 Å². The van der Waals surface area contributed by atoms with Crippen molar-refractivity contribution in [1.29, 1.82) is 0 Å². The first-order chi connectivity index (χ1) is 14.5. The summed E-state index contributed by atoms with van der Waals surface area (Å²) in [6, 6.07) is 9.67. The summed E-state index contributed by atoms with van der Waals surface area (Å²) in [6.45, 7) is 2.93. The minimum absolute atomic E-state index is 0.0391. The summed E-state index contributed by atoms with van der Waals surface area (Å²) in [5, 5.41) is 8.81. The molecule has 2 N–H and O–H groups in total. The van der Waals surface area contributed by atoms with Gasteiger partial charge in [-0.05, 0) is 31.2 Å². The lowest BCUT2D eigenvalue weighted by Crippen LogP contribution is -2.34. The molecule has 0 bridgehead atoms. The Morgan fingerprint density at radius 3 is 2.90 bits per heavy atom. The van der Waals surface area contributed by atoms with Gasteiger partial charge in [0.1, 0.15) is 16.6 Å². The van der Waals surface area contributed by atoms with Crippen molar-refractivity contribution in [3.63, 3.8) is 0 Å². The van der Waals surface area contributed by atoms with Gasteiger partial charge in [-0.2, -0.15) is 0 Å². The zero-order chi connectivity index (χ0) is 20.8. The van der Waals surface area contributed by atoms with Crippen LogP contribution in [0.1, 0.15) is 22.4 Å². The Bertz CT molecular complexity index is 1310. The van der Waals surface area contributed by atoms with E-state index in [1.54, 1.807) is 13.2 Å². The number of aromatic nitrogens is 3. The van der Waals surface area contributed by atoms with Crippen LogP contribution < -0.4 is 10.6 Å². The molecule has 1 amide bonds. The first kappa shape index (κ1) is 19.2. The highest BCUT2D eigenvalue weighted by Crippen LogP contribution is 2.41. The molecule has 1 aromatic carbocycles. The van der Waals surface area contributed by atoms with Gasteiger partial charge in [-0.3, -0.25) is 4.79 Å². The Morgan fingerprint density at radius 2 is 2.07 bits per heavy atom. The molecule has 4 heterocycles. The number of fused-ring (bicyclic) bond motifs is 5. The van der Waals surface area contributed by atoms with Crippen molar-refractivity contribution >= 4 is 55.5 Å². The number of anilines is 1. The molecule has 0 aliphatic carbocycles. The molecule has 30 heavy (non-hydrogen) atoms. The molecule has 0 radical (unpaired) electrons. The van der Waals surface area contributed by atoms with Crippen molar-refractivity contribution in [2.45, 2.75) is 19.6 Å². The number of benzene rings is 1. The third kappa shape index (κ3) is 3.27. The van der Waals surface area contributed by atoms with E-state index in [9.17, 15) is 4.79 Å². The smallest absolute Gasteiger partial charge is 0.263 e. The molecule has 1 aliphatic rings. The van der Waals surface area contributed by atoms with E-state index in [0.717, 1.165) is 26.7 Å². The van der Waals surface area contributed by atoms with E-state index >= 15 is 0 Å². The number of hydrogen-bond acceptors (Lipinski definition) is 7. The average molecular weight is 440 g/mol. The molecule has 0 unspecified atom stereocenters. The van der Waals surface area contributed by atoms with Crippen molar-refractivity contribution in [2.24, 2.45) is 0 Å². The van der Waals surface area contributed by atoms with Crippen LogP contribution in [0.5, 0.6) is 0 Å². The summed E-state index contributed by atoms with van der Waals surface area (Å²) in [6.07, 6.45) is 0. The minimum Gasteiger partial charge on any atom is -0.381 e. The van der Waals surface area contributed by atoms with Gasteiger partial charge in [0.05, 0.1) is 22.6 Å². The number of halogens is 1. The summed E-state index contributed by atoms with van der Waals surface area (Å²) in [5.41, 5.74) is 3.04. The molecule has 1 atom stereocenters. The van der Waals surface area contributed by atoms with Crippen molar-refractivity contribution < 1.29 is 9.53 Å². The number of methoxy groups -OCH3 is 1. The van der Waals surface area contributed by atoms with Crippen LogP contribution in [-0.4, -0.2) is 40.6 Å². The summed E-state index contributed by atoms with van der Waals surface area (Å²) in [7, 11) is 1.59. The van der Waals surface area contributed by atoms with E-state index in [1.807, 2.05) is 31.2 Å². The van der Waals surface area contributed by atoms with E-state index in [4.69, 9.17) is 21.3 Å². The Hall–Kier alpha value is -2.81. The Labute approximate surface area is 181 Å². The number of ether oxygens (including phenoxy) is 1. The third-order valence-corrected chi connectivity index (χ3v) is 6.32. The molecular formula is C21H18ClN5O2S. The summed E-state index contributed by atoms with van der Waals surface area (Å²) < 4.78 is 6.17. The largest absolute Gasteiger partial charge is 0.381 e. The van der Waals surface area contributed by atoms with Gasteiger partial charge in [0.15, 0.2) is 5.82 Å². The van der Waals surface area contributed by atoms with Gasteiger partial charge < -0.3 is 15.4 Å². The van der Waals surface area contributed by atoms with Gasteiger partial charge in [0.25, 0.3) is 5.91 Å². The van der Waals surface area contributed by atoms with Gasteiger partial charge >= 0.3 is 0 Å². The van der Waals surface area contributed by atoms with Crippen LogP contribution in [0.15, 0.2) is 30.3 Å². The molecule has 0 spiro atoms. The topological polar surface area (TPSA) is 89.0 Å². The molecule has 0 saturated carbocycles. The maximum absolute atomic E-state index is 12.6. The van der Waals surface area contributed by atoms with E-state index in [1.165, 1.54) is 11.3 Å². The molecule has 9 heteroatoms. The standard InChI is InChI=1S/C21H18ClN5O2S/c1-10-8-23-19-18-11-3-4-13(14-7-16(22)27-17(26-14)9-29-2)25-12(11)5-6-15(18)30-20(19)21(28)24-10/h3-7,10,23H,8-9H2,1-2H3,(H,24,28)/t10-/m1/s1. The maximum atomic E-state index is 12.6. The molecule has 5 rings (SSSR count). The minimum atomic E-state index is -0.0391. The lowest BCUT2D eigenvalue weighted by atomic mass is 10.1. The number of hydrogen-bond donors (Lipinski definition) is 2. The van der Waals surface area contributed by atoms with Gasteiger partial charge in [0.2, 0.25) is 0 Å². The number of rotatable bonds is 3. The van der Waals surface area contributed by atoms with E-state index in [0.29, 0.717) is 33.8 Å². The van der Waals surface area contributed by atoms with Crippen LogP contribution >= 0.6 is 22.9 Å². The van der Waals surface area contributed by atoms with E-state index < -0.39 is 0 Å². The number of thiophene rings is 1. The normalized spacial score (nSPS) is 16.2. The number of pyridine rings is 1. The van der Waals surface area contributed by atoms with Crippen LogP contribution in [0.25, 0.3) is 32.4 Å². The molecule has 3 aromatic heterocycles. The molecule has 0 saturated heterocycles. The van der Waals surface area contributed by atoms with E-state index in [-0.39, 0.29) is 18.6 Å². The second-order valence-corrected chi connectivity index (χ2v) is 8.63. The highest BCUT2D eigenvalue weighted by Gasteiger charge is 2.24. The summed E-state index contributed by atoms with van der Waals surface area (Å²) >= 11 is 7.65. The van der Waals surface area contributed by atoms with E-state index in [2.05, 4.69) is 20.6 Å². The predicted molar refractivity (Wildman–Crippen MR) is 119 cm³/mol. The highest BCUT2D eigenvalue weighted by atomic mass is 35.5. The quantitative estimate of drug-likeness (QED) is 0.464. The molecule has 7 nitrogen and oxygen atoms in total. The molecular weight excluding hydrogens is 422 g/mol. The number of carbonyl (C=O) groups is 1. The number of amides is 1. The zero-order valence-electron chi connectivity index (χ0n) is 16.3. The maximum Gasteiger partial charge on any atom is 0.263 e. The van der Waals surface area contributed by atoms with Crippen LogP contribution in [-0.2, 0) is 11.3 Å². The first-order valence-corrected chi connectivity index (χ1v) is 10.7. The lowest BCUT2D eigenvalue weighted by molar-refractivity contribution is 0.0949. The Kier molecular flexibility index (Phi) is 4.77. The van der Waals surface area contributed by atoms with Crippen molar-refractivity contribution in [1.82, 2.24) is 20.3 Å².